The Hall–Kier alpha value is -5.70. The Balaban J connectivity index is 0.000000224. The fraction of sp³-hybridized carbons (Fsp3) is 0.0784. The number of rotatable bonds is 5. The molecular formula is C51H38GeIrN4OS-2. The predicted octanol–water partition coefficient (Wildman–Crippen LogP) is 13.2. The molecule has 11 aromatic rings. The van der Waals surface area contributed by atoms with Crippen molar-refractivity contribution in [2.24, 2.45) is 0 Å². The van der Waals surface area contributed by atoms with Crippen LogP contribution < -0.4 is 4.40 Å². The molecule has 289 valence electrons. The molecular weight excluding hydrogens is 981 g/mol. The molecule has 0 aliphatic carbocycles. The summed E-state index contributed by atoms with van der Waals surface area (Å²) in [5, 5.41) is 4.60. The number of imidazole rings is 1. The van der Waals surface area contributed by atoms with Gasteiger partial charge in [0.15, 0.2) is 0 Å². The predicted molar refractivity (Wildman–Crippen MR) is 245 cm³/mol. The molecule has 0 fully saturated rings. The maximum atomic E-state index is 6.58. The largest absolute Gasteiger partial charge is 0 e. The van der Waals surface area contributed by atoms with Crippen LogP contribution in [0.15, 0.2) is 162 Å². The maximum absolute atomic E-state index is 6.58. The molecule has 0 saturated heterocycles. The minimum atomic E-state index is -1.72. The third-order valence-corrected chi connectivity index (χ3v) is 16.1. The van der Waals surface area contributed by atoms with Crippen LogP contribution in [0.2, 0.25) is 17.3 Å². The van der Waals surface area contributed by atoms with Crippen LogP contribution in [0.1, 0.15) is 5.56 Å². The standard InChI is InChI=1S/C37H22N3OS.C14H16GeN.Ir/c1-22-15-17-28(35-34(22)27-19-20-29(39-37(27)41-35)23-9-3-2-4-10-23)36-38-30-12-6-7-13-31(30)40(36)24-16-18-26-25-11-5-8-14-32(25)42-33(26)21-24;1-15(2,3)13-9-10-14(16-11-13)12-7-5-4-6-8-12;/h2-16,18-21H,1H3;4-7,9-11H,1-3H3;/q2*-1;. The number of aromatic nitrogens is 4. The summed E-state index contributed by atoms with van der Waals surface area (Å²) in [4.78, 5) is 14.6. The molecule has 0 aliphatic rings. The van der Waals surface area contributed by atoms with E-state index in [9.17, 15) is 0 Å². The van der Waals surface area contributed by atoms with E-state index in [-0.39, 0.29) is 20.1 Å². The van der Waals surface area contributed by atoms with Crippen molar-refractivity contribution in [1.29, 1.82) is 0 Å². The van der Waals surface area contributed by atoms with Crippen LogP contribution in [-0.4, -0.2) is 32.8 Å². The van der Waals surface area contributed by atoms with Gasteiger partial charge < -0.3 is 8.98 Å². The molecule has 0 amide bonds. The second-order valence-corrected chi connectivity index (χ2v) is 27.3. The first-order valence-corrected chi connectivity index (χ1v) is 27.6. The van der Waals surface area contributed by atoms with Crippen LogP contribution in [0.5, 0.6) is 0 Å². The van der Waals surface area contributed by atoms with Gasteiger partial charge in [-0.05, 0) is 42.5 Å². The van der Waals surface area contributed by atoms with Gasteiger partial charge in [-0.15, -0.1) is 29.0 Å². The first kappa shape index (κ1) is 38.8. The van der Waals surface area contributed by atoms with E-state index in [1.807, 2.05) is 72.1 Å². The van der Waals surface area contributed by atoms with Crippen molar-refractivity contribution in [3.63, 3.8) is 0 Å². The zero-order valence-corrected chi connectivity index (χ0v) is 38.3. The molecule has 0 aliphatic heterocycles. The van der Waals surface area contributed by atoms with E-state index in [4.69, 9.17) is 14.4 Å². The summed E-state index contributed by atoms with van der Waals surface area (Å²) in [6, 6.07) is 59.0. The molecule has 0 unspecified atom stereocenters. The molecule has 0 spiro atoms. The van der Waals surface area contributed by atoms with E-state index in [1.165, 1.54) is 24.6 Å². The minimum Gasteiger partial charge on any atom is 0 e. The van der Waals surface area contributed by atoms with E-state index >= 15 is 0 Å². The number of benzene rings is 6. The number of pyridine rings is 2. The van der Waals surface area contributed by atoms with Gasteiger partial charge in [0.2, 0.25) is 5.71 Å². The van der Waals surface area contributed by atoms with Gasteiger partial charge in [-0.25, -0.2) is 4.98 Å². The number of hydrogen-bond donors (Lipinski definition) is 0. The van der Waals surface area contributed by atoms with Crippen LogP contribution in [0.25, 0.3) is 92.9 Å². The van der Waals surface area contributed by atoms with Gasteiger partial charge in [0, 0.05) is 56.9 Å². The van der Waals surface area contributed by atoms with Crippen LogP contribution in [-0.2, 0) is 20.1 Å². The third kappa shape index (κ3) is 7.23. The molecule has 6 aromatic carbocycles. The fourth-order valence-corrected chi connectivity index (χ4v) is 11.0. The molecule has 59 heavy (non-hydrogen) atoms. The molecule has 0 saturated carbocycles. The minimum absolute atomic E-state index is 0. The molecule has 0 bridgehead atoms. The van der Waals surface area contributed by atoms with Crippen molar-refractivity contribution < 1.29 is 24.5 Å². The second-order valence-electron chi connectivity index (χ2n) is 15.6. The summed E-state index contributed by atoms with van der Waals surface area (Å²) < 4.78 is 12.8. The van der Waals surface area contributed by atoms with E-state index in [1.54, 1.807) is 0 Å². The van der Waals surface area contributed by atoms with Gasteiger partial charge in [0.05, 0.1) is 28.1 Å². The van der Waals surface area contributed by atoms with E-state index in [2.05, 4.69) is 143 Å². The summed E-state index contributed by atoms with van der Waals surface area (Å²) in [5.74, 6) is 7.94. The van der Waals surface area contributed by atoms with E-state index < -0.39 is 13.3 Å². The first-order chi connectivity index (χ1) is 28.3. The number of para-hydroxylation sites is 2. The molecule has 0 atom stereocenters. The van der Waals surface area contributed by atoms with Gasteiger partial charge in [-0.2, -0.15) is 0 Å². The number of aryl methyl sites for hydroxylation is 1. The fourth-order valence-electron chi connectivity index (χ4n) is 7.66. The second kappa shape index (κ2) is 15.8. The summed E-state index contributed by atoms with van der Waals surface area (Å²) in [5.41, 5.74) is 10.3. The van der Waals surface area contributed by atoms with Crippen LogP contribution in [0.3, 0.4) is 0 Å². The Kier molecular flexibility index (Phi) is 10.4. The van der Waals surface area contributed by atoms with Crippen LogP contribution >= 0.6 is 11.3 Å². The Morgan fingerprint density at radius 3 is 2.22 bits per heavy atom. The van der Waals surface area contributed by atoms with Gasteiger partial charge in [-0.3, -0.25) is 4.98 Å². The molecule has 8 heteroatoms. The summed E-state index contributed by atoms with van der Waals surface area (Å²) >= 11 is 0.103. The smallest absolute Gasteiger partial charge is 0 e. The Labute approximate surface area is 363 Å². The number of fused-ring (bicyclic) bond motifs is 7. The van der Waals surface area contributed by atoms with Gasteiger partial charge in [0.1, 0.15) is 0 Å². The number of nitrogens with zero attached hydrogens (tertiary/aromatic N) is 4. The van der Waals surface area contributed by atoms with Gasteiger partial charge in [-0.1, -0.05) is 84.6 Å². The van der Waals surface area contributed by atoms with Gasteiger partial charge in [0.25, 0.3) is 0 Å². The molecule has 5 nitrogen and oxygen atoms in total. The van der Waals surface area contributed by atoms with E-state index in [0.717, 1.165) is 72.5 Å². The van der Waals surface area contributed by atoms with Crippen molar-refractivity contribution in [1.82, 2.24) is 19.5 Å². The molecule has 5 aromatic heterocycles. The number of furan rings is 1. The van der Waals surface area contributed by atoms with Crippen molar-refractivity contribution in [3.8, 4) is 39.6 Å². The van der Waals surface area contributed by atoms with Crippen molar-refractivity contribution >= 4 is 82.3 Å². The van der Waals surface area contributed by atoms with E-state index in [0.29, 0.717) is 5.71 Å². The third-order valence-electron chi connectivity index (χ3n) is 10.7. The zero-order valence-electron chi connectivity index (χ0n) is 32.9. The molecule has 0 N–H and O–H groups in total. The Bertz CT molecular complexity index is 3280. The van der Waals surface area contributed by atoms with Crippen molar-refractivity contribution in [3.05, 3.63) is 176 Å². The Morgan fingerprint density at radius 1 is 0.678 bits per heavy atom. The number of hydrogen-bond acceptors (Lipinski definition) is 5. The summed E-state index contributed by atoms with van der Waals surface area (Å²) in [6.45, 7) is 2.10. The van der Waals surface area contributed by atoms with Gasteiger partial charge >= 0.3 is 99.8 Å². The maximum Gasteiger partial charge on any atom is 0 e. The Morgan fingerprint density at radius 2 is 1.42 bits per heavy atom. The SMILES string of the molecule is Cc1c[c-]c(-c2nc3ccccc3n2-c2ccc3c(c2)sc2ccccc23)c2oc3nc(-c4ccccc4)ccc3c12.[CH3][Ge]([CH3])([CH3])[c]1ccc(-c2[c-]cccc2)nc1.[Ir]. The number of thiophene rings is 1. The van der Waals surface area contributed by atoms with Crippen molar-refractivity contribution in [2.75, 3.05) is 0 Å². The van der Waals surface area contributed by atoms with Crippen molar-refractivity contribution in [2.45, 2.75) is 24.2 Å². The monoisotopic (exact) mass is 1020 g/mol. The van der Waals surface area contributed by atoms with Crippen LogP contribution in [0, 0.1) is 19.1 Å². The summed E-state index contributed by atoms with van der Waals surface area (Å²) in [7, 11) is 0. The average Bonchev–Trinajstić information content (AvgIpc) is 3.96. The summed E-state index contributed by atoms with van der Waals surface area (Å²) in [6.07, 6.45) is 2.04. The zero-order chi connectivity index (χ0) is 39.4. The molecule has 11 rings (SSSR count). The van der Waals surface area contributed by atoms with Crippen LogP contribution in [0.4, 0.5) is 0 Å². The quantitative estimate of drug-likeness (QED) is 0.127. The average molecular weight is 1020 g/mol. The first-order valence-electron chi connectivity index (χ1n) is 19.4. The molecule has 1 radical (unpaired) electrons. The topological polar surface area (TPSA) is 56.7 Å². The normalized spacial score (nSPS) is 11.6. The molecule has 5 heterocycles.